The van der Waals surface area contributed by atoms with E-state index in [1.165, 1.54) is 27.5 Å². The van der Waals surface area contributed by atoms with Gasteiger partial charge in [-0.3, -0.25) is 0 Å². The highest BCUT2D eigenvalue weighted by molar-refractivity contribution is 5.83. The summed E-state index contributed by atoms with van der Waals surface area (Å²) in [5.74, 6) is 0.415. The van der Waals surface area contributed by atoms with Crippen LogP contribution in [0.15, 0.2) is 103 Å². The average Bonchev–Trinajstić information content (AvgIpc) is 2.74. The molecular formula is C28H24O. The normalized spacial score (nSPS) is 21.4. The van der Waals surface area contributed by atoms with Crippen molar-refractivity contribution in [3.8, 4) is 0 Å². The summed E-state index contributed by atoms with van der Waals surface area (Å²) >= 11 is 0. The van der Waals surface area contributed by atoms with Crippen LogP contribution < -0.4 is 0 Å². The second kappa shape index (κ2) is 6.30. The summed E-state index contributed by atoms with van der Waals surface area (Å²) in [6.45, 7) is 1.73. The van der Waals surface area contributed by atoms with Gasteiger partial charge in [0.15, 0.2) is 0 Å². The van der Waals surface area contributed by atoms with Crippen molar-refractivity contribution in [3.63, 3.8) is 0 Å². The van der Waals surface area contributed by atoms with Crippen LogP contribution in [0.1, 0.15) is 29.0 Å². The number of rotatable bonds is 3. The number of hydrogen-bond donors (Lipinski definition) is 0. The Bertz CT molecular complexity index is 1120. The van der Waals surface area contributed by atoms with Gasteiger partial charge in [0.2, 0.25) is 0 Å². The monoisotopic (exact) mass is 376 g/mol. The number of fused-ring (bicyclic) bond motifs is 1. The molecule has 0 amide bonds. The summed E-state index contributed by atoms with van der Waals surface area (Å²) in [6.07, 6.45) is 1.14. The molecule has 1 aliphatic carbocycles. The van der Waals surface area contributed by atoms with E-state index < -0.39 is 0 Å². The first-order valence-corrected chi connectivity index (χ1v) is 10.5. The van der Waals surface area contributed by atoms with E-state index in [1.54, 1.807) is 0 Å². The van der Waals surface area contributed by atoms with E-state index in [1.807, 2.05) is 0 Å². The van der Waals surface area contributed by atoms with Gasteiger partial charge in [-0.2, -0.15) is 0 Å². The van der Waals surface area contributed by atoms with Crippen molar-refractivity contribution in [2.24, 2.45) is 5.41 Å². The van der Waals surface area contributed by atoms with Gasteiger partial charge < -0.3 is 4.74 Å². The molecule has 1 heterocycles. The lowest BCUT2D eigenvalue weighted by Gasteiger charge is -2.67. The standard InChI is InChI=1S/C28H24O/c1-3-11-24(12-4-1)28(25-13-5-2-6-14-25)18-27(19-29-20-27)26(28)23-16-15-21-9-7-8-10-22(21)17-23/h1-17,26H,18-20H2. The average molecular weight is 376 g/mol. The van der Waals surface area contributed by atoms with Crippen molar-refractivity contribution in [1.29, 1.82) is 0 Å². The first kappa shape index (κ1) is 17.0. The Morgan fingerprint density at radius 2 is 1.21 bits per heavy atom. The first-order valence-electron chi connectivity index (χ1n) is 10.5. The minimum atomic E-state index is -0.00520. The molecule has 1 spiro atoms. The second-order valence-corrected chi connectivity index (χ2v) is 8.77. The first-order chi connectivity index (χ1) is 14.3. The smallest absolute Gasteiger partial charge is 0.0551 e. The fraction of sp³-hybridized carbons (Fsp3) is 0.214. The molecule has 1 heteroatoms. The van der Waals surface area contributed by atoms with Crippen molar-refractivity contribution in [1.82, 2.24) is 0 Å². The lowest BCUT2D eigenvalue weighted by molar-refractivity contribution is -0.199. The Morgan fingerprint density at radius 3 is 1.79 bits per heavy atom. The van der Waals surface area contributed by atoms with E-state index in [0.29, 0.717) is 5.92 Å². The Balaban J connectivity index is 1.59. The van der Waals surface area contributed by atoms with E-state index >= 15 is 0 Å². The van der Waals surface area contributed by atoms with Crippen molar-refractivity contribution in [2.45, 2.75) is 17.8 Å². The zero-order valence-electron chi connectivity index (χ0n) is 16.4. The predicted molar refractivity (Wildman–Crippen MR) is 118 cm³/mol. The number of hydrogen-bond acceptors (Lipinski definition) is 1. The van der Waals surface area contributed by atoms with Crippen molar-refractivity contribution >= 4 is 10.8 Å². The Kier molecular flexibility index (Phi) is 3.69. The molecular weight excluding hydrogens is 352 g/mol. The third-order valence-electron chi connectivity index (χ3n) is 7.20. The zero-order valence-corrected chi connectivity index (χ0v) is 16.4. The molecule has 29 heavy (non-hydrogen) atoms. The minimum Gasteiger partial charge on any atom is -0.380 e. The summed E-state index contributed by atoms with van der Waals surface area (Å²) in [5.41, 5.74) is 4.51. The van der Waals surface area contributed by atoms with Crippen molar-refractivity contribution in [3.05, 3.63) is 120 Å². The molecule has 0 bridgehead atoms. The number of ether oxygens (including phenoxy) is 1. The van der Waals surface area contributed by atoms with Gasteiger partial charge in [-0.15, -0.1) is 0 Å². The molecule has 142 valence electrons. The van der Waals surface area contributed by atoms with E-state index in [2.05, 4.69) is 103 Å². The van der Waals surface area contributed by atoms with E-state index in [0.717, 1.165) is 19.6 Å². The van der Waals surface area contributed by atoms with Crippen LogP contribution in [0.2, 0.25) is 0 Å². The van der Waals surface area contributed by atoms with Crippen LogP contribution in [-0.2, 0) is 10.2 Å². The SMILES string of the molecule is c1ccc(C2(c3ccccc3)CC3(COC3)C2c2ccc3ccccc3c2)cc1. The maximum absolute atomic E-state index is 5.78. The van der Waals surface area contributed by atoms with E-state index in [4.69, 9.17) is 4.74 Å². The molecule has 6 rings (SSSR count). The van der Waals surface area contributed by atoms with E-state index in [-0.39, 0.29) is 10.8 Å². The summed E-state index contributed by atoms with van der Waals surface area (Å²) in [5, 5.41) is 2.63. The summed E-state index contributed by atoms with van der Waals surface area (Å²) in [7, 11) is 0. The van der Waals surface area contributed by atoms with Gasteiger partial charge in [-0.05, 0) is 33.9 Å². The largest absolute Gasteiger partial charge is 0.380 e. The third kappa shape index (κ3) is 2.37. The molecule has 1 saturated heterocycles. The van der Waals surface area contributed by atoms with Gasteiger partial charge in [0, 0.05) is 16.7 Å². The van der Waals surface area contributed by atoms with Crippen LogP contribution in [0.5, 0.6) is 0 Å². The second-order valence-electron chi connectivity index (χ2n) is 8.77. The fourth-order valence-corrected chi connectivity index (χ4v) is 5.98. The molecule has 1 aliphatic heterocycles. The highest BCUT2D eigenvalue weighted by atomic mass is 16.5. The van der Waals surface area contributed by atoms with Gasteiger partial charge in [-0.1, -0.05) is 103 Å². The summed E-state index contributed by atoms with van der Waals surface area (Å²) in [4.78, 5) is 0. The highest BCUT2D eigenvalue weighted by Crippen LogP contribution is 2.70. The molecule has 1 unspecified atom stereocenters. The van der Waals surface area contributed by atoms with Crippen LogP contribution in [0, 0.1) is 5.41 Å². The fourth-order valence-electron chi connectivity index (χ4n) is 5.98. The lowest BCUT2D eigenvalue weighted by atomic mass is 9.39. The molecule has 0 radical (unpaired) electrons. The van der Waals surface area contributed by atoms with Crippen molar-refractivity contribution < 1.29 is 4.74 Å². The van der Waals surface area contributed by atoms with Crippen LogP contribution >= 0.6 is 0 Å². The van der Waals surface area contributed by atoms with Crippen LogP contribution in [0.3, 0.4) is 0 Å². The van der Waals surface area contributed by atoms with Gasteiger partial charge in [0.25, 0.3) is 0 Å². The molecule has 0 N–H and O–H groups in total. The maximum atomic E-state index is 5.78. The summed E-state index contributed by atoms with van der Waals surface area (Å²) < 4.78 is 5.78. The van der Waals surface area contributed by atoms with Gasteiger partial charge >= 0.3 is 0 Å². The zero-order chi connectivity index (χ0) is 19.3. The quantitative estimate of drug-likeness (QED) is 0.406. The van der Waals surface area contributed by atoms with Crippen LogP contribution in [-0.4, -0.2) is 13.2 Å². The Hall–Kier alpha value is -2.90. The van der Waals surface area contributed by atoms with Crippen LogP contribution in [0.4, 0.5) is 0 Å². The maximum Gasteiger partial charge on any atom is 0.0551 e. The third-order valence-corrected chi connectivity index (χ3v) is 7.20. The molecule has 2 aliphatic rings. The molecule has 0 aromatic heterocycles. The molecule has 1 nitrogen and oxygen atoms in total. The molecule has 4 aromatic rings. The Morgan fingerprint density at radius 1 is 0.621 bits per heavy atom. The predicted octanol–water partition coefficient (Wildman–Crippen LogP) is 6.33. The lowest BCUT2D eigenvalue weighted by Crippen LogP contribution is -2.66. The molecule has 2 fully saturated rings. The van der Waals surface area contributed by atoms with Crippen molar-refractivity contribution in [2.75, 3.05) is 13.2 Å². The topological polar surface area (TPSA) is 9.23 Å². The molecule has 1 atom stereocenters. The number of benzene rings is 4. The highest BCUT2D eigenvalue weighted by Gasteiger charge is 2.67. The molecule has 4 aromatic carbocycles. The Labute approximate surface area is 172 Å². The minimum absolute atomic E-state index is 0.00520. The van der Waals surface area contributed by atoms with Gasteiger partial charge in [-0.25, -0.2) is 0 Å². The van der Waals surface area contributed by atoms with E-state index in [9.17, 15) is 0 Å². The van der Waals surface area contributed by atoms with Gasteiger partial charge in [0.1, 0.15) is 0 Å². The van der Waals surface area contributed by atoms with Gasteiger partial charge in [0.05, 0.1) is 13.2 Å². The summed E-state index contributed by atoms with van der Waals surface area (Å²) in [6, 6.07) is 38.0. The molecule has 1 saturated carbocycles. The van der Waals surface area contributed by atoms with Crippen LogP contribution in [0.25, 0.3) is 10.8 Å².